The summed E-state index contributed by atoms with van der Waals surface area (Å²) >= 11 is 0. The lowest BCUT2D eigenvalue weighted by Gasteiger charge is -2.61. The summed E-state index contributed by atoms with van der Waals surface area (Å²) in [5.74, 6) is 1.19. The molecule has 0 radical (unpaired) electrons. The fourth-order valence-electron chi connectivity index (χ4n) is 10.2. The molecule has 0 amide bonds. The third kappa shape index (κ3) is 2.88. The van der Waals surface area contributed by atoms with E-state index in [1.807, 2.05) is 0 Å². The summed E-state index contributed by atoms with van der Waals surface area (Å²) in [6.07, 6.45) is 3.29. The molecule has 2 aliphatic heterocycles. The highest BCUT2D eigenvalue weighted by molar-refractivity contribution is 5.83. The van der Waals surface area contributed by atoms with Crippen LogP contribution in [0.3, 0.4) is 0 Å². The van der Waals surface area contributed by atoms with Crippen molar-refractivity contribution in [3.8, 4) is 0 Å². The quantitative estimate of drug-likeness (QED) is 0.512. The highest BCUT2D eigenvalue weighted by Crippen LogP contribution is 2.71. The monoisotopic (exact) mass is 462 g/mol. The van der Waals surface area contributed by atoms with Crippen LogP contribution in [0.2, 0.25) is 0 Å². The van der Waals surface area contributed by atoms with E-state index in [-0.39, 0.29) is 34.6 Å². The van der Waals surface area contributed by atoms with E-state index >= 15 is 0 Å². The number of carbonyl (C=O) groups excluding carboxylic acids is 1. The molecule has 2 saturated heterocycles. The minimum absolute atomic E-state index is 0.0659. The van der Waals surface area contributed by atoms with Crippen LogP contribution in [0.15, 0.2) is 0 Å². The van der Waals surface area contributed by atoms with Crippen molar-refractivity contribution in [3.63, 3.8) is 0 Å². The van der Waals surface area contributed by atoms with Crippen LogP contribution < -0.4 is 0 Å². The van der Waals surface area contributed by atoms with E-state index in [9.17, 15) is 20.1 Å². The molecule has 33 heavy (non-hydrogen) atoms. The topological polar surface area (TPSA) is 96.2 Å². The van der Waals surface area contributed by atoms with Crippen LogP contribution in [-0.4, -0.2) is 57.9 Å². The molecule has 6 heteroatoms. The lowest BCUT2D eigenvalue weighted by atomic mass is 9.44. The number of aliphatic hydroxyl groups excluding tert-OH is 3. The van der Waals surface area contributed by atoms with Gasteiger partial charge in [-0.3, -0.25) is 4.79 Å². The van der Waals surface area contributed by atoms with Crippen LogP contribution in [0.1, 0.15) is 72.6 Å². The third-order valence-corrected chi connectivity index (χ3v) is 11.8. The first-order valence-corrected chi connectivity index (χ1v) is 13.4. The van der Waals surface area contributed by atoms with E-state index in [0.717, 1.165) is 25.7 Å². The minimum atomic E-state index is -0.879. The SMILES string of the molecule is C[C@H]1CO[C@@]2(O[C@H]3C[C@H]4[C@@H]5CC(=O)[C@H]6C[C@H](O)[C@H](O)C[C@]6(C)[C@H]5CC[C@]4(C)[C@H]3[C@@H]2C)[C@@H](O)C1. The van der Waals surface area contributed by atoms with Gasteiger partial charge in [0.25, 0.3) is 0 Å². The summed E-state index contributed by atoms with van der Waals surface area (Å²) < 4.78 is 13.0. The molecule has 186 valence electrons. The molecule has 6 rings (SSSR count). The van der Waals surface area contributed by atoms with Gasteiger partial charge in [-0.15, -0.1) is 0 Å². The van der Waals surface area contributed by atoms with Gasteiger partial charge in [-0.05, 0) is 78.9 Å². The van der Waals surface area contributed by atoms with Gasteiger partial charge < -0.3 is 24.8 Å². The van der Waals surface area contributed by atoms with Crippen molar-refractivity contribution >= 4 is 5.78 Å². The predicted octanol–water partition coefficient (Wildman–Crippen LogP) is 2.91. The van der Waals surface area contributed by atoms with Crippen molar-refractivity contribution in [2.24, 2.45) is 52.3 Å². The minimum Gasteiger partial charge on any atom is -0.390 e. The Labute approximate surface area is 197 Å². The Kier molecular flexibility index (Phi) is 5.03. The Morgan fingerprint density at radius 3 is 2.45 bits per heavy atom. The fraction of sp³-hybridized carbons (Fsp3) is 0.963. The van der Waals surface area contributed by atoms with Crippen LogP contribution in [0, 0.1) is 52.3 Å². The first-order chi connectivity index (χ1) is 15.5. The fourth-order valence-corrected chi connectivity index (χ4v) is 10.2. The number of aliphatic hydroxyl groups is 3. The second-order valence-corrected chi connectivity index (χ2v) is 13.3. The molecule has 0 unspecified atom stereocenters. The second-order valence-electron chi connectivity index (χ2n) is 13.3. The Morgan fingerprint density at radius 2 is 1.73 bits per heavy atom. The maximum absolute atomic E-state index is 13.4. The number of carbonyl (C=O) groups is 1. The second kappa shape index (κ2) is 7.25. The maximum atomic E-state index is 13.4. The van der Waals surface area contributed by atoms with Gasteiger partial charge in [-0.2, -0.15) is 0 Å². The van der Waals surface area contributed by atoms with Crippen molar-refractivity contribution in [2.75, 3.05) is 6.61 Å². The molecule has 4 aliphatic carbocycles. The molecule has 0 aromatic carbocycles. The summed E-state index contributed by atoms with van der Waals surface area (Å²) in [6, 6.07) is 0. The van der Waals surface area contributed by atoms with Crippen LogP contribution in [0.5, 0.6) is 0 Å². The zero-order valence-corrected chi connectivity index (χ0v) is 20.6. The molecule has 2 heterocycles. The number of Topliss-reactive ketones (excluding diaryl/α,β-unsaturated/α-hetero) is 1. The summed E-state index contributed by atoms with van der Waals surface area (Å²) in [4.78, 5) is 13.4. The van der Waals surface area contributed by atoms with E-state index in [1.165, 1.54) is 0 Å². The van der Waals surface area contributed by atoms with E-state index in [0.29, 0.717) is 55.5 Å². The molecule has 0 bridgehead atoms. The molecule has 0 aromatic heterocycles. The number of hydrogen-bond donors (Lipinski definition) is 3. The molecule has 6 fully saturated rings. The van der Waals surface area contributed by atoms with Gasteiger partial charge >= 0.3 is 0 Å². The van der Waals surface area contributed by atoms with Crippen LogP contribution in [0.25, 0.3) is 0 Å². The Balaban J connectivity index is 1.30. The van der Waals surface area contributed by atoms with Gasteiger partial charge in [0.15, 0.2) is 5.79 Å². The molecular weight excluding hydrogens is 420 g/mol. The molecule has 0 aromatic rings. The molecule has 14 atom stereocenters. The van der Waals surface area contributed by atoms with Crippen LogP contribution >= 0.6 is 0 Å². The van der Waals surface area contributed by atoms with Gasteiger partial charge in [0.05, 0.1) is 24.9 Å². The zero-order chi connectivity index (χ0) is 23.5. The van der Waals surface area contributed by atoms with E-state index < -0.39 is 24.1 Å². The number of hydrogen-bond acceptors (Lipinski definition) is 6. The smallest absolute Gasteiger partial charge is 0.197 e. The van der Waals surface area contributed by atoms with Gasteiger partial charge in [-0.25, -0.2) is 0 Å². The van der Waals surface area contributed by atoms with Crippen molar-refractivity contribution in [1.82, 2.24) is 0 Å². The first-order valence-electron chi connectivity index (χ1n) is 13.4. The molecule has 3 N–H and O–H groups in total. The first kappa shape index (κ1) is 22.9. The largest absolute Gasteiger partial charge is 0.390 e. The average Bonchev–Trinajstić information content (AvgIpc) is 3.19. The molecular formula is C27H42O6. The third-order valence-electron chi connectivity index (χ3n) is 11.8. The number of fused-ring (bicyclic) bond motifs is 7. The van der Waals surface area contributed by atoms with E-state index in [1.54, 1.807) is 0 Å². The summed E-state index contributed by atoms with van der Waals surface area (Å²) in [5.41, 5.74) is -0.165. The van der Waals surface area contributed by atoms with Crippen molar-refractivity contribution < 1.29 is 29.6 Å². The highest BCUT2D eigenvalue weighted by atomic mass is 16.7. The normalized spacial score (nSPS) is 62.5. The molecule has 6 nitrogen and oxygen atoms in total. The number of rotatable bonds is 0. The lowest BCUT2D eigenvalue weighted by Crippen LogP contribution is -2.60. The Morgan fingerprint density at radius 1 is 0.970 bits per heavy atom. The Hall–Kier alpha value is -0.530. The molecule has 1 spiro atoms. The predicted molar refractivity (Wildman–Crippen MR) is 121 cm³/mol. The lowest BCUT2D eigenvalue weighted by molar-refractivity contribution is -0.316. The van der Waals surface area contributed by atoms with Crippen LogP contribution in [-0.2, 0) is 14.3 Å². The average molecular weight is 463 g/mol. The Bertz CT molecular complexity index is 831. The maximum Gasteiger partial charge on any atom is 0.197 e. The number of ether oxygens (including phenoxy) is 2. The van der Waals surface area contributed by atoms with Crippen LogP contribution in [0.4, 0.5) is 0 Å². The molecule has 4 saturated carbocycles. The van der Waals surface area contributed by atoms with Gasteiger partial charge in [0, 0.05) is 18.3 Å². The molecule has 6 aliphatic rings. The highest BCUT2D eigenvalue weighted by Gasteiger charge is 2.71. The summed E-state index contributed by atoms with van der Waals surface area (Å²) in [5, 5.41) is 31.8. The van der Waals surface area contributed by atoms with Gasteiger partial charge in [0.1, 0.15) is 11.9 Å². The van der Waals surface area contributed by atoms with Crippen molar-refractivity contribution in [1.29, 1.82) is 0 Å². The van der Waals surface area contributed by atoms with E-state index in [2.05, 4.69) is 27.7 Å². The standard InChI is InChI=1S/C27H42O6/c1-13-7-23(31)27(32-12-13)14(2)24-22(33-27)10-17-15-8-19(28)18-9-20(29)21(30)11-26(18,4)16(15)5-6-25(17,24)3/h13-18,20-24,29-31H,5-12H2,1-4H3/t13-,14+,15-,16+,17+,18-,20+,21-,22+,23+,24+,25+,26-,27+/m1/s1. The van der Waals surface area contributed by atoms with Gasteiger partial charge in [-0.1, -0.05) is 27.7 Å². The van der Waals surface area contributed by atoms with Crippen molar-refractivity contribution in [2.45, 2.75) is 103 Å². The number of ketones is 1. The van der Waals surface area contributed by atoms with Gasteiger partial charge in [0.2, 0.25) is 0 Å². The van der Waals surface area contributed by atoms with Crippen molar-refractivity contribution in [3.05, 3.63) is 0 Å². The van der Waals surface area contributed by atoms with E-state index in [4.69, 9.17) is 9.47 Å². The summed E-state index contributed by atoms with van der Waals surface area (Å²) in [6.45, 7) is 9.58. The summed E-state index contributed by atoms with van der Waals surface area (Å²) in [7, 11) is 0. The zero-order valence-electron chi connectivity index (χ0n) is 20.6.